The number of esters is 1. The number of methoxy groups -OCH3 is 2. The van der Waals surface area contributed by atoms with Crippen LogP contribution in [0.3, 0.4) is 0 Å². The summed E-state index contributed by atoms with van der Waals surface area (Å²) >= 11 is 0. The number of hydrogen-bond donors (Lipinski definition) is 1. The van der Waals surface area contributed by atoms with Crippen molar-refractivity contribution in [2.75, 3.05) is 27.3 Å². The highest BCUT2D eigenvalue weighted by molar-refractivity contribution is 5.86. The van der Waals surface area contributed by atoms with E-state index in [-0.39, 0.29) is 31.7 Å². The van der Waals surface area contributed by atoms with Gasteiger partial charge < -0.3 is 24.4 Å². The number of urea groups is 1. The number of carbonyl (C=O) groups excluding carboxylic acids is 2. The minimum Gasteiger partial charge on any atom is -0.480 e. The molecule has 0 saturated carbocycles. The van der Waals surface area contributed by atoms with Gasteiger partial charge in [-0.2, -0.15) is 0 Å². The number of nitrogens with zero attached hydrogens (tertiary/aromatic N) is 2. The predicted octanol–water partition coefficient (Wildman–Crippen LogP) is 0.164. The van der Waals surface area contributed by atoms with Gasteiger partial charge in [-0.25, -0.2) is 9.59 Å². The average Bonchev–Trinajstić information content (AvgIpc) is 2.87. The van der Waals surface area contributed by atoms with Gasteiger partial charge in [-0.05, 0) is 13.8 Å². The summed E-state index contributed by atoms with van der Waals surface area (Å²) in [4.78, 5) is 37.8. The normalized spacial score (nSPS) is 21.5. The van der Waals surface area contributed by atoms with E-state index in [0.717, 1.165) is 0 Å². The third-order valence-electron chi connectivity index (χ3n) is 3.52. The summed E-state index contributed by atoms with van der Waals surface area (Å²) in [5.74, 6) is -1.63. The summed E-state index contributed by atoms with van der Waals surface area (Å²) in [7, 11) is 2.72. The van der Waals surface area contributed by atoms with Gasteiger partial charge in [0.1, 0.15) is 12.6 Å². The third kappa shape index (κ3) is 4.07. The van der Waals surface area contributed by atoms with Crippen molar-refractivity contribution in [1.82, 2.24) is 9.80 Å². The second kappa shape index (κ2) is 7.26. The Hall–Kier alpha value is -1.83. The molecule has 0 aromatic heterocycles. The van der Waals surface area contributed by atoms with Crippen molar-refractivity contribution in [1.29, 1.82) is 0 Å². The van der Waals surface area contributed by atoms with E-state index in [1.807, 2.05) is 0 Å². The van der Waals surface area contributed by atoms with Gasteiger partial charge in [-0.3, -0.25) is 4.79 Å². The topological polar surface area (TPSA) is 96.4 Å². The van der Waals surface area contributed by atoms with Crippen LogP contribution in [-0.4, -0.2) is 78.4 Å². The first-order valence-corrected chi connectivity index (χ1v) is 6.71. The first-order chi connectivity index (χ1) is 9.81. The fraction of sp³-hybridized carbons (Fsp3) is 0.769. The summed E-state index contributed by atoms with van der Waals surface area (Å²) in [6.45, 7) is 3.48. The molecule has 0 spiro atoms. The fourth-order valence-electron chi connectivity index (χ4n) is 2.25. The molecule has 1 rings (SSSR count). The first kappa shape index (κ1) is 17.2. The minimum absolute atomic E-state index is 0.191. The van der Waals surface area contributed by atoms with Crippen LogP contribution >= 0.6 is 0 Å². The molecule has 0 aromatic rings. The SMILES string of the molecule is COC(=O)CN(C(=O)N1CC(OC)CC1C(=O)O)C(C)C. The van der Waals surface area contributed by atoms with E-state index in [1.54, 1.807) is 13.8 Å². The largest absolute Gasteiger partial charge is 0.480 e. The molecule has 0 bridgehead atoms. The number of carbonyl (C=O) groups is 3. The van der Waals surface area contributed by atoms with Crippen LogP contribution in [0.2, 0.25) is 0 Å². The Morgan fingerprint density at radius 3 is 2.38 bits per heavy atom. The smallest absolute Gasteiger partial charge is 0.326 e. The van der Waals surface area contributed by atoms with Crippen molar-refractivity contribution in [2.24, 2.45) is 0 Å². The lowest BCUT2D eigenvalue weighted by Gasteiger charge is -2.32. The molecule has 1 saturated heterocycles. The first-order valence-electron chi connectivity index (χ1n) is 6.71. The van der Waals surface area contributed by atoms with Crippen LogP contribution in [0.5, 0.6) is 0 Å². The Kier molecular flexibility index (Phi) is 5.95. The standard InChI is InChI=1S/C13H22N2O6/c1-8(2)14(7-11(16)21-4)13(19)15-6-9(20-3)5-10(15)12(17)18/h8-10H,5-7H2,1-4H3,(H,17,18). The van der Waals surface area contributed by atoms with Crippen molar-refractivity contribution >= 4 is 18.0 Å². The number of aliphatic carboxylic acids is 1. The molecule has 8 nitrogen and oxygen atoms in total. The van der Waals surface area contributed by atoms with Gasteiger partial charge >= 0.3 is 18.0 Å². The van der Waals surface area contributed by atoms with Crippen molar-refractivity contribution < 1.29 is 29.0 Å². The van der Waals surface area contributed by atoms with Gasteiger partial charge in [-0.1, -0.05) is 0 Å². The van der Waals surface area contributed by atoms with Gasteiger partial charge in [-0.15, -0.1) is 0 Å². The van der Waals surface area contributed by atoms with Crippen molar-refractivity contribution in [3.8, 4) is 0 Å². The summed E-state index contributed by atoms with van der Waals surface area (Å²) in [6.07, 6.45) is -0.0796. The number of amides is 2. The molecule has 2 atom stereocenters. The lowest BCUT2D eigenvalue weighted by atomic mass is 10.2. The molecule has 1 aliphatic heterocycles. The average molecular weight is 302 g/mol. The Bertz CT molecular complexity index is 411. The fourth-order valence-corrected chi connectivity index (χ4v) is 2.25. The molecule has 0 aliphatic carbocycles. The molecule has 0 aromatic carbocycles. The second-order valence-electron chi connectivity index (χ2n) is 5.18. The van der Waals surface area contributed by atoms with Crippen LogP contribution < -0.4 is 0 Å². The molecule has 8 heteroatoms. The lowest BCUT2D eigenvalue weighted by Crippen LogP contribution is -2.52. The monoisotopic (exact) mass is 302 g/mol. The Morgan fingerprint density at radius 1 is 1.33 bits per heavy atom. The summed E-state index contributed by atoms with van der Waals surface area (Å²) in [5.41, 5.74) is 0. The molecule has 2 amide bonds. The molecule has 1 aliphatic rings. The molecule has 1 fully saturated rings. The zero-order valence-electron chi connectivity index (χ0n) is 12.7. The summed E-state index contributed by atoms with van der Waals surface area (Å²) < 4.78 is 9.71. The van der Waals surface area contributed by atoms with Gasteiger partial charge in [0, 0.05) is 26.1 Å². The lowest BCUT2D eigenvalue weighted by molar-refractivity contribution is -0.142. The van der Waals surface area contributed by atoms with E-state index in [0.29, 0.717) is 0 Å². The van der Waals surface area contributed by atoms with Gasteiger partial charge in [0.2, 0.25) is 0 Å². The van der Waals surface area contributed by atoms with Gasteiger partial charge in [0.15, 0.2) is 0 Å². The molecule has 0 radical (unpaired) electrons. The van der Waals surface area contributed by atoms with Crippen LogP contribution in [0, 0.1) is 0 Å². The van der Waals surface area contributed by atoms with Crippen molar-refractivity contribution in [3.05, 3.63) is 0 Å². The second-order valence-corrected chi connectivity index (χ2v) is 5.18. The van der Waals surface area contributed by atoms with Crippen LogP contribution in [0.15, 0.2) is 0 Å². The molecular formula is C13H22N2O6. The molecule has 1 N–H and O–H groups in total. The highest BCUT2D eigenvalue weighted by Crippen LogP contribution is 2.22. The predicted molar refractivity (Wildman–Crippen MR) is 72.8 cm³/mol. The van der Waals surface area contributed by atoms with Crippen LogP contribution in [0.4, 0.5) is 4.79 Å². The number of carboxylic acid groups (broad SMARTS) is 1. The molecule has 21 heavy (non-hydrogen) atoms. The maximum atomic E-state index is 12.5. The van der Waals surface area contributed by atoms with Crippen LogP contribution in [-0.2, 0) is 19.1 Å². The van der Waals surface area contributed by atoms with Crippen LogP contribution in [0.25, 0.3) is 0 Å². The molecule has 120 valence electrons. The zero-order chi connectivity index (χ0) is 16.2. The summed E-state index contributed by atoms with van der Waals surface area (Å²) in [5, 5.41) is 9.23. The quantitative estimate of drug-likeness (QED) is 0.727. The molecule has 2 unspecified atom stereocenters. The number of ether oxygens (including phenoxy) is 2. The van der Waals surface area contributed by atoms with E-state index in [1.165, 1.54) is 24.0 Å². The highest BCUT2D eigenvalue weighted by Gasteiger charge is 2.42. The highest BCUT2D eigenvalue weighted by atomic mass is 16.5. The van der Waals surface area contributed by atoms with Crippen molar-refractivity contribution in [3.63, 3.8) is 0 Å². The van der Waals surface area contributed by atoms with E-state index < -0.39 is 24.0 Å². The molecular weight excluding hydrogens is 280 g/mol. The maximum Gasteiger partial charge on any atom is 0.326 e. The number of likely N-dealkylation sites (tertiary alicyclic amines) is 1. The van der Waals surface area contributed by atoms with Gasteiger partial charge in [0.05, 0.1) is 13.2 Å². The van der Waals surface area contributed by atoms with E-state index >= 15 is 0 Å². The van der Waals surface area contributed by atoms with Gasteiger partial charge in [0.25, 0.3) is 0 Å². The van der Waals surface area contributed by atoms with Crippen LogP contribution in [0.1, 0.15) is 20.3 Å². The number of hydrogen-bond acceptors (Lipinski definition) is 5. The Labute approximate surface area is 123 Å². The van der Waals surface area contributed by atoms with E-state index in [9.17, 15) is 19.5 Å². The maximum absolute atomic E-state index is 12.5. The minimum atomic E-state index is -1.08. The Balaban J connectivity index is 2.90. The third-order valence-corrected chi connectivity index (χ3v) is 3.52. The summed E-state index contributed by atoms with van der Waals surface area (Å²) in [6, 6.07) is -1.70. The van der Waals surface area contributed by atoms with E-state index in [4.69, 9.17) is 4.74 Å². The molecule has 1 heterocycles. The number of rotatable bonds is 5. The number of carboxylic acids is 1. The van der Waals surface area contributed by atoms with E-state index in [2.05, 4.69) is 4.74 Å². The zero-order valence-corrected chi connectivity index (χ0v) is 12.7. The Morgan fingerprint density at radius 2 is 1.95 bits per heavy atom. The van der Waals surface area contributed by atoms with Crippen molar-refractivity contribution in [2.45, 2.75) is 38.5 Å².